The molecule has 0 aliphatic heterocycles. The molecular formula is C26H34F3N5O3. The quantitative estimate of drug-likeness (QED) is 0.340. The normalized spacial score (nSPS) is 14.5. The summed E-state index contributed by atoms with van der Waals surface area (Å²) in [4.78, 5) is 28.0. The highest BCUT2D eigenvalue weighted by Crippen LogP contribution is 2.26. The van der Waals surface area contributed by atoms with E-state index in [1.54, 1.807) is 12.1 Å². The predicted molar refractivity (Wildman–Crippen MR) is 138 cm³/mol. The number of carbonyl (C=O) groups is 2. The summed E-state index contributed by atoms with van der Waals surface area (Å²) in [6.45, 7) is 0.482. The van der Waals surface area contributed by atoms with Gasteiger partial charge in [-0.15, -0.1) is 0 Å². The maximum atomic E-state index is 13.5. The van der Waals surface area contributed by atoms with Crippen molar-refractivity contribution in [3.63, 3.8) is 0 Å². The number of hydrogen-bond acceptors (Lipinski definition) is 7. The lowest BCUT2D eigenvalue weighted by Crippen LogP contribution is -2.29. The van der Waals surface area contributed by atoms with Crippen molar-refractivity contribution in [2.75, 3.05) is 19.4 Å². The van der Waals surface area contributed by atoms with Crippen molar-refractivity contribution in [3.8, 4) is 0 Å². The van der Waals surface area contributed by atoms with Crippen LogP contribution >= 0.6 is 0 Å². The van der Waals surface area contributed by atoms with Crippen LogP contribution in [-0.4, -0.2) is 53.7 Å². The van der Waals surface area contributed by atoms with Crippen LogP contribution in [0.25, 0.3) is 0 Å². The minimum absolute atomic E-state index is 0.0855. The molecule has 0 unspecified atom stereocenters. The van der Waals surface area contributed by atoms with Crippen molar-refractivity contribution in [1.29, 1.82) is 0 Å². The summed E-state index contributed by atoms with van der Waals surface area (Å²) >= 11 is 0. The Labute approximate surface area is 215 Å². The number of benzene rings is 1. The lowest BCUT2D eigenvalue weighted by molar-refractivity contribution is -0.122. The van der Waals surface area contributed by atoms with E-state index in [0.29, 0.717) is 11.6 Å². The standard InChI is InChI=1S/C18H20F3N5.C7H12O.CH2O2/c1-26(2)12-13-5-7-14(8-6-13)24-16(10-22)17(18(19,20)21)25-15-4-3-9-23-11-15;8-6-7-4-2-1-3-5-7;2-1-3/h3-11,24H,12,22H2,1-2H3;6-7H,1-5H2;1H,(H,2,3)/b16-10+,25-17?;;. The van der Waals surface area contributed by atoms with Crippen molar-refractivity contribution < 1.29 is 27.9 Å². The van der Waals surface area contributed by atoms with Crippen molar-refractivity contribution in [2.24, 2.45) is 16.6 Å². The lowest BCUT2D eigenvalue weighted by Gasteiger charge is -2.16. The van der Waals surface area contributed by atoms with E-state index in [1.807, 2.05) is 31.1 Å². The van der Waals surface area contributed by atoms with Crippen LogP contribution in [0.4, 0.5) is 24.5 Å². The molecule has 0 radical (unpaired) electrons. The second kappa shape index (κ2) is 16.9. The summed E-state index contributed by atoms with van der Waals surface area (Å²) in [5.74, 6) is 0.406. The molecule has 2 aromatic rings. The summed E-state index contributed by atoms with van der Waals surface area (Å²) in [6, 6.07) is 10.0. The molecule has 1 heterocycles. The van der Waals surface area contributed by atoms with Gasteiger partial charge in [-0.2, -0.15) is 13.2 Å². The molecule has 0 bridgehead atoms. The van der Waals surface area contributed by atoms with Gasteiger partial charge in [-0.05, 0) is 56.8 Å². The number of aromatic nitrogens is 1. The Bertz CT molecular complexity index is 989. The van der Waals surface area contributed by atoms with E-state index < -0.39 is 11.9 Å². The Morgan fingerprint density at radius 3 is 2.22 bits per heavy atom. The zero-order valence-corrected chi connectivity index (χ0v) is 21.0. The third-order valence-corrected chi connectivity index (χ3v) is 5.15. The van der Waals surface area contributed by atoms with Gasteiger partial charge in [0.2, 0.25) is 0 Å². The number of hydrogen-bond donors (Lipinski definition) is 3. The first-order valence-electron chi connectivity index (χ1n) is 11.7. The molecule has 0 saturated heterocycles. The highest BCUT2D eigenvalue weighted by Gasteiger charge is 2.38. The fraction of sp³-hybridized carbons (Fsp3) is 0.385. The molecule has 4 N–H and O–H groups in total. The molecular weight excluding hydrogens is 487 g/mol. The number of alkyl halides is 3. The topological polar surface area (TPSA) is 121 Å². The molecule has 1 fully saturated rings. The van der Waals surface area contributed by atoms with Gasteiger partial charge in [0.05, 0.1) is 17.6 Å². The Kier molecular flexibility index (Phi) is 14.3. The third kappa shape index (κ3) is 12.7. The summed E-state index contributed by atoms with van der Waals surface area (Å²) < 4.78 is 40.4. The number of nitrogens with two attached hydrogens (primary N) is 1. The van der Waals surface area contributed by atoms with E-state index in [0.717, 1.165) is 37.4 Å². The third-order valence-electron chi connectivity index (χ3n) is 5.15. The fourth-order valence-electron chi connectivity index (χ4n) is 3.49. The number of allylic oxidation sites excluding steroid dienone is 1. The zero-order valence-electron chi connectivity index (χ0n) is 21.0. The Balaban J connectivity index is 0.000000516. The van der Waals surface area contributed by atoms with Gasteiger partial charge in [0.25, 0.3) is 6.47 Å². The smallest absolute Gasteiger partial charge is 0.435 e. The number of nitrogens with one attached hydrogen (secondary N) is 1. The molecule has 8 nitrogen and oxygen atoms in total. The number of anilines is 1. The van der Waals surface area contributed by atoms with Gasteiger partial charge in [0, 0.05) is 30.5 Å². The van der Waals surface area contributed by atoms with E-state index >= 15 is 0 Å². The monoisotopic (exact) mass is 521 g/mol. The number of aliphatic imine (C=N–C) groups is 1. The SMILES string of the molecule is CN(C)Cc1ccc(N/C(=C/N)C(=Nc2cccnc2)C(F)(F)F)cc1.O=CC1CCCCC1.O=CO. The molecule has 1 aromatic carbocycles. The minimum atomic E-state index is -4.68. The van der Waals surface area contributed by atoms with Gasteiger partial charge in [0.1, 0.15) is 6.29 Å². The molecule has 3 rings (SSSR count). The Hall–Kier alpha value is -3.73. The minimum Gasteiger partial charge on any atom is -0.483 e. The van der Waals surface area contributed by atoms with E-state index in [-0.39, 0.29) is 17.9 Å². The summed E-state index contributed by atoms with van der Waals surface area (Å²) in [5.41, 5.74) is 5.59. The van der Waals surface area contributed by atoms with Crippen LogP contribution in [0.3, 0.4) is 0 Å². The van der Waals surface area contributed by atoms with Crippen LogP contribution in [0.5, 0.6) is 0 Å². The van der Waals surface area contributed by atoms with Crippen molar-refractivity contribution in [2.45, 2.75) is 44.8 Å². The molecule has 11 heteroatoms. The molecule has 0 spiro atoms. The van der Waals surface area contributed by atoms with E-state index in [9.17, 15) is 18.0 Å². The average molecular weight is 522 g/mol. The molecule has 37 heavy (non-hydrogen) atoms. The first-order chi connectivity index (χ1) is 17.6. The van der Waals surface area contributed by atoms with E-state index in [1.165, 1.54) is 43.8 Å². The predicted octanol–water partition coefficient (Wildman–Crippen LogP) is 5.16. The fourth-order valence-corrected chi connectivity index (χ4v) is 3.49. The van der Waals surface area contributed by atoms with Gasteiger partial charge in [-0.1, -0.05) is 31.4 Å². The van der Waals surface area contributed by atoms with Gasteiger partial charge in [-0.3, -0.25) is 9.78 Å². The Morgan fingerprint density at radius 2 is 1.78 bits per heavy atom. The van der Waals surface area contributed by atoms with Gasteiger partial charge >= 0.3 is 6.18 Å². The second-order valence-electron chi connectivity index (χ2n) is 8.45. The number of carboxylic acid groups (broad SMARTS) is 1. The number of halogens is 3. The largest absolute Gasteiger partial charge is 0.483 e. The van der Waals surface area contributed by atoms with Crippen LogP contribution in [0.15, 0.2) is 65.7 Å². The average Bonchev–Trinajstić information content (AvgIpc) is 2.88. The van der Waals surface area contributed by atoms with Crippen LogP contribution in [0.2, 0.25) is 0 Å². The number of nitrogens with zero attached hydrogens (tertiary/aromatic N) is 3. The van der Waals surface area contributed by atoms with Crippen LogP contribution in [-0.2, 0) is 16.1 Å². The first-order valence-corrected chi connectivity index (χ1v) is 11.7. The summed E-state index contributed by atoms with van der Waals surface area (Å²) in [5, 5.41) is 9.58. The maximum absolute atomic E-state index is 13.5. The van der Waals surface area contributed by atoms with Gasteiger partial charge < -0.3 is 25.9 Å². The molecule has 1 aliphatic rings. The van der Waals surface area contributed by atoms with Crippen molar-refractivity contribution >= 4 is 29.8 Å². The van der Waals surface area contributed by atoms with E-state index in [4.69, 9.17) is 15.6 Å². The molecule has 1 aromatic heterocycles. The van der Waals surface area contributed by atoms with Crippen LogP contribution in [0.1, 0.15) is 37.7 Å². The molecule has 1 aliphatic carbocycles. The number of rotatable bonds is 7. The van der Waals surface area contributed by atoms with Crippen LogP contribution < -0.4 is 11.1 Å². The first kappa shape index (κ1) is 31.3. The number of carbonyl (C=O) groups excluding carboxylic acids is 1. The van der Waals surface area contributed by atoms with Crippen molar-refractivity contribution in [3.05, 3.63) is 66.3 Å². The number of aldehydes is 1. The molecule has 0 amide bonds. The second-order valence-corrected chi connectivity index (χ2v) is 8.45. The summed E-state index contributed by atoms with van der Waals surface area (Å²) in [7, 11) is 3.87. The van der Waals surface area contributed by atoms with Gasteiger partial charge in [0.15, 0.2) is 5.71 Å². The molecule has 202 valence electrons. The summed E-state index contributed by atoms with van der Waals surface area (Å²) in [6.07, 6.45) is 6.15. The van der Waals surface area contributed by atoms with E-state index in [2.05, 4.69) is 15.3 Å². The highest BCUT2D eigenvalue weighted by atomic mass is 19.4. The zero-order chi connectivity index (χ0) is 27.7. The lowest BCUT2D eigenvalue weighted by atomic mass is 9.91. The van der Waals surface area contributed by atoms with Gasteiger partial charge in [-0.25, -0.2) is 4.99 Å². The molecule has 1 saturated carbocycles. The Morgan fingerprint density at radius 1 is 1.16 bits per heavy atom. The van der Waals surface area contributed by atoms with Crippen molar-refractivity contribution in [1.82, 2.24) is 9.88 Å². The molecule has 0 atom stereocenters. The van der Waals surface area contributed by atoms with Crippen LogP contribution in [0, 0.1) is 5.92 Å². The number of pyridine rings is 1. The maximum Gasteiger partial charge on any atom is 0.435 e. The highest BCUT2D eigenvalue weighted by molar-refractivity contribution is 6.07.